The smallest absolute Gasteiger partial charge is 0.205 e. The van der Waals surface area contributed by atoms with Crippen LogP contribution in [0, 0.1) is 12.8 Å². The Hall–Kier alpha value is -0.680. The average molecular weight is 213 g/mol. The maximum absolute atomic E-state index is 10.0. The van der Waals surface area contributed by atoms with Gasteiger partial charge in [-0.05, 0) is 12.8 Å². The Morgan fingerprint density at radius 1 is 1.50 bits per heavy atom. The summed E-state index contributed by atoms with van der Waals surface area (Å²) >= 11 is 1.40. The molecule has 78 valence electrons. The van der Waals surface area contributed by atoms with E-state index in [4.69, 9.17) is 0 Å². The molecule has 2 rings (SSSR count). The topological polar surface area (TPSA) is 49.2 Å². The molecule has 0 bridgehead atoms. The third-order valence-corrected chi connectivity index (χ3v) is 3.66. The largest absolute Gasteiger partial charge is 0.386 e. The second-order valence-corrected chi connectivity index (χ2v) is 4.97. The van der Waals surface area contributed by atoms with Crippen LogP contribution in [0.5, 0.6) is 0 Å². The molecule has 0 unspecified atom stereocenters. The Morgan fingerprint density at radius 3 is 2.57 bits per heavy atom. The first-order chi connectivity index (χ1) is 6.51. The highest BCUT2D eigenvalue weighted by atomic mass is 32.1. The highest BCUT2D eigenvalue weighted by Gasteiger charge is 2.44. The molecule has 1 aromatic rings. The van der Waals surface area contributed by atoms with Gasteiger partial charge in [0.25, 0.3) is 0 Å². The van der Waals surface area contributed by atoms with Gasteiger partial charge in [-0.3, -0.25) is 0 Å². The molecule has 1 aliphatic heterocycles. The summed E-state index contributed by atoms with van der Waals surface area (Å²) in [7, 11) is 0. The number of nitrogens with zero attached hydrogens (tertiary/aromatic N) is 3. The van der Waals surface area contributed by atoms with Crippen molar-refractivity contribution in [2.45, 2.75) is 26.4 Å². The third kappa shape index (κ3) is 1.50. The lowest BCUT2D eigenvalue weighted by Gasteiger charge is -2.48. The number of aromatic nitrogens is 2. The molecule has 0 spiro atoms. The van der Waals surface area contributed by atoms with Crippen LogP contribution >= 0.6 is 11.5 Å². The highest BCUT2D eigenvalue weighted by Crippen LogP contribution is 2.33. The summed E-state index contributed by atoms with van der Waals surface area (Å²) in [4.78, 5) is 6.35. The molecular formula is C9H15N3OS. The lowest BCUT2D eigenvalue weighted by Crippen LogP contribution is -2.64. The summed E-state index contributed by atoms with van der Waals surface area (Å²) in [6, 6.07) is 0. The van der Waals surface area contributed by atoms with Crippen LogP contribution in [0.25, 0.3) is 0 Å². The van der Waals surface area contributed by atoms with Crippen LogP contribution in [-0.2, 0) is 0 Å². The molecule has 4 nitrogen and oxygen atoms in total. The maximum Gasteiger partial charge on any atom is 0.205 e. The van der Waals surface area contributed by atoms with Crippen LogP contribution in [0.1, 0.15) is 19.7 Å². The average Bonchev–Trinajstić information content (AvgIpc) is 2.45. The van der Waals surface area contributed by atoms with E-state index in [2.05, 4.69) is 14.3 Å². The van der Waals surface area contributed by atoms with Gasteiger partial charge >= 0.3 is 0 Å². The predicted molar refractivity (Wildman–Crippen MR) is 56.6 cm³/mol. The number of aryl methyl sites for hydroxylation is 1. The number of β-amino-alcohol motifs (C(OH)–C–C–N with tert-alkyl or cyclic N) is 1. The quantitative estimate of drug-likeness (QED) is 0.798. The molecule has 1 saturated heterocycles. The summed E-state index contributed by atoms with van der Waals surface area (Å²) < 4.78 is 4.12. The summed E-state index contributed by atoms with van der Waals surface area (Å²) in [6.07, 6.45) is 0. The van der Waals surface area contributed by atoms with E-state index in [1.54, 1.807) is 0 Å². The van der Waals surface area contributed by atoms with Gasteiger partial charge in [-0.2, -0.15) is 4.37 Å². The van der Waals surface area contributed by atoms with Crippen LogP contribution in [0.3, 0.4) is 0 Å². The first-order valence-corrected chi connectivity index (χ1v) is 5.56. The van der Waals surface area contributed by atoms with Crippen molar-refractivity contribution < 1.29 is 5.11 Å². The van der Waals surface area contributed by atoms with Gasteiger partial charge in [-0.25, -0.2) is 4.98 Å². The zero-order valence-corrected chi connectivity index (χ0v) is 9.51. The van der Waals surface area contributed by atoms with Gasteiger partial charge < -0.3 is 10.0 Å². The van der Waals surface area contributed by atoms with Crippen molar-refractivity contribution in [1.82, 2.24) is 9.36 Å². The van der Waals surface area contributed by atoms with E-state index in [9.17, 15) is 5.11 Å². The minimum Gasteiger partial charge on any atom is -0.386 e. The van der Waals surface area contributed by atoms with Gasteiger partial charge in [0.05, 0.1) is 13.1 Å². The second kappa shape index (κ2) is 3.17. The van der Waals surface area contributed by atoms with Gasteiger partial charge in [-0.15, -0.1) is 0 Å². The monoisotopic (exact) mass is 213 g/mol. The Bertz CT molecular complexity index is 331. The van der Waals surface area contributed by atoms with E-state index in [0.29, 0.717) is 19.0 Å². The van der Waals surface area contributed by atoms with E-state index >= 15 is 0 Å². The van der Waals surface area contributed by atoms with Crippen LogP contribution in [0.15, 0.2) is 0 Å². The molecule has 1 N–H and O–H groups in total. The minimum absolute atomic E-state index is 0.299. The van der Waals surface area contributed by atoms with Gasteiger partial charge in [0.15, 0.2) is 0 Å². The summed E-state index contributed by atoms with van der Waals surface area (Å²) in [5.74, 6) is 1.11. The highest BCUT2D eigenvalue weighted by molar-refractivity contribution is 7.09. The summed E-state index contributed by atoms with van der Waals surface area (Å²) in [6.45, 7) is 7.33. The van der Waals surface area contributed by atoms with Crippen molar-refractivity contribution in [3.8, 4) is 0 Å². The molecule has 0 aromatic carbocycles. The van der Waals surface area contributed by atoms with E-state index in [-0.39, 0.29) is 0 Å². The molecule has 1 aromatic heterocycles. The minimum atomic E-state index is -0.528. The third-order valence-electron chi connectivity index (χ3n) is 2.79. The standard InChI is InChI=1S/C9H15N3OS/c1-6(2)9(13)4-12(5-9)8-10-7(3)11-14-8/h6,13H,4-5H2,1-3H3. The molecule has 0 aliphatic carbocycles. The van der Waals surface area contributed by atoms with Crippen molar-refractivity contribution >= 4 is 16.7 Å². The molecule has 5 heteroatoms. The molecule has 2 heterocycles. The van der Waals surface area contributed by atoms with Crippen molar-refractivity contribution in [3.05, 3.63) is 5.82 Å². The molecule has 1 aliphatic rings. The number of hydrogen-bond donors (Lipinski definition) is 1. The van der Waals surface area contributed by atoms with Crippen LogP contribution in [0.4, 0.5) is 5.13 Å². The first-order valence-electron chi connectivity index (χ1n) is 4.79. The fourth-order valence-electron chi connectivity index (χ4n) is 1.53. The SMILES string of the molecule is Cc1nsc(N2CC(O)(C(C)C)C2)n1. The van der Waals surface area contributed by atoms with Gasteiger partial charge in [0.1, 0.15) is 11.4 Å². The zero-order valence-electron chi connectivity index (χ0n) is 8.69. The number of aliphatic hydroxyl groups is 1. The Morgan fingerprint density at radius 2 is 2.14 bits per heavy atom. The number of hydrogen-bond acceptors (Lipinski definition) is 5. The fourth-order valence-corrected chi connectivity index (χ4v) is 2.20. The van der Waals surface area contributed by atoms with Crippen molar-refractivity contribution in [2.24, 2.45) is 5.92 Å². The summed E-state index contributed by atoms with van der Waals surface area (Å²) in [5.41, 5.74) is -0.528. The van der Waals surface area contributed by atoms with Crippen LogP contribution in [0.2, 0.25) is 0 Å². The molecule has 1 fully saturated rings. The lowest BCUT2D eigenvalue weighted by molar-refractivity contribution is -0.0300. The Balaban J connectivity index is 2.01. The molecule has 14 heavy (non-hydrogen) atoms. The normalized spacial score (nSPS) is 19.9. The second-order valence-electron chi connectivity index (χ2n) is 4.24. The Labute approximate surface area is 87.8 Å². The van der Waals surface area contributed by atoms with Crippen LogP contribution in [-0.4, -0.2) is 33.2 Å². The van der Waals surface area contributed by atoms with E-state index in [1.807, 2.05) is 20.8 Å². The lowest BCUT2D eigenvalue weighted by atomic mass is 9.83. The van der Waals surface area contributed by atoms with Gasteiger partial charge in [0, 0.05) is 11.5 Å². The Kier molecular flexibility index (Phi) is 2.23. The van der Waals surface area contributed by atoms with E-state index in [1.165, 1.54) is 11.5 Å². The van der Waals surface area contributed by atoms with Crippen molar-refractivity contribution in [2.75, 3.05) is 18.0 Å². The molecular weight excluding hydrogens is 198 g/mol. The number of anilines is 1. The van der Waals surface area contributed by atoms with E-state index < -0.39 is 5.60 Å². The molecule has 0 radical (unpaired) electrons. The predicted octanol–water partition coefficient (Wildman–Crippen LogP) is 1.05. The number of rotatable bonds is 2. The van der Waals surface area contributed by atoms with Gasteiger partial charge in [-0.1, -0.05) is 13.8 Å². The van der Waals surface area contributed by atoms with Crippen LogP contribution < -0.4 is 4.90 Å². The maximum atomic E-state index is 10.0. The molecule has 0 saturated carbocycles. The zero-order chi connectivity index (χ0) is 10.3. The first kappa shape index (κ1) is 9.86. The van der Waals surface area contributed by atoms with E-state index in [0.717, 1.165) is 11.0 Å². The molecule has 0 amide bonds. The van der Waals surface area contributed by atoms with Crippen molar-refractivity contribution in [1.29, 1.82) is 0 Å². The van der Waals surface area contributed by atoms with Crippen molar-refractivity contribution in [3.63, 3.8) is 0 Å². The summed E-state index contributed by atoms with van der Waals surface area (Å²) in [5, 5.41) is 11.0. The molecule has 0 atom stereocenters. The fraction of sp³-hybridized carbons (Fsp3) is 0.778. The van der Waals surface area contributed by atoms with Gasteiger partial charge in [0.2, 0.25) is 5.13 Å².